The molecule has 4 nitrogen and oxygen atoms in total. The molecule has 0 N–H and O–H groups in total. The van der Waals surface area contributed by atoms with E-state index < -0.39 is 0 Å². The molecule has 1 heterocycles. The molecular weight excluding hydrogens is 192 g/mol. The van der Waals surface area contributed by atoms with E-state index in [0.717, 1.165) is 32.2 Å². The molecule has 15 heavy (non-hydrogen) atoms. The van der Waals surface area contributed by atoms with Gasteiger partial charge in [0, 0.05) is 6.54 Å². The zero-order chi connectivity index (χ0) is 11.3. The zero-order valence-corrected chi connectivity index (χ0v) is 9.40. The monoisotopic (exact) mass is 210 g/mol. The standard InChI is InChI=1S/C11H18N2O2/c1-3-9(8-12)13-7-5-4-6-10(13)11(14)15-2/h9-10H,3-7H2,1-2H3/t9?,10-/m1/s1. The number of ether oxygens (including phenoxy) is 1. The summed E-state index contributed by atoms with van der Waals surface area (Å²) in [7, 11) is 1.41. The average molecular weight is 210 g/mol. The second kappa shape index (κ2) is 5.72. The quantitative estimate of drug-likeness (QED) is 0.659. The van der Waals surface area contributed by atoms with Crippen LogP contribution in [0, 0.1) is 11.3 Å². The lowest BCUT2D eigenvalue weighted by Gasteiger charge is -2.36. The van der Waals surface area contributed by atoms with E-state index >= 15 is 0 Å². The van der Waals surface area contributed by atoms with Crippen molar-refractivity contribution in [2.45, 2.75) is 44.7 Å². The summed E-state index contributed by atoms with van der Waals surface area (Å²) in [6.07, 6.45) is 3.67. The van der Waals surface area contributed by atoms with E-state index in [1.165, 1.54) is 7.11 Å². The van der Waals surface area contributed by atoms with Crippen molar-refractivity contribution in [3.8, 4) is 6.07 Å². The van der Waals surface area contributed by atoms with Crippen LogP contribution in [-0.2, 0) is 9.53 Å². The van der Waals surface area contributed by atoms with Gasteiger partial charge in [-0.15, -0.1) is 0 Å². The molecule has 0 radical (unpaired) electrons. The summed E-state index contributed by atoms with van der Waals surface area (Å²) in [5.74, 6) is -0.205. The molecule has 1 aliphatic heterocycles. The molecule has 4 heteroatoms. The third-order valence-electron chi connectivity index (χ3n) is 2.95. The minimum absolute atomic E-state index is 0.158. The molecule has 1 rings (SSSR count). The van der Waals surface area contributed by atoms with E-state index in [0.29, 0.717) is 0 Å². The van der Waals surface area contributed by atoms with E-state index in [9.17, 15) is 4.79 Å². The van der Waals surface area contributed by atoms with Gasteiger partial charge in [-0.1, -0.05) is 13.3 Å². The topological polar surface area (TPSA) is 53.3 Å². The van der Waals surface area contributed by atoms with E-state index in [1.54, 1.807) is 0 Å². The molecule has 1 unspecified atom stereocenters. The van der Waals surface area contributed by atoms with Crippen LogP contribution in [0.15, 0.2) is 0 Å². The van der Waals surface area contributed by atoms with E-state index in [1.807, 2.05) is 11.8 Å². The first-order chi connectivity index (χ1) is 7.24. The molecule has 84 valence electrons. The van der Waals surface area contributed by atoms with Gasteiger partial charge in [0.15, 0.2) is 0 Å². The Morgan fingerprint density at radius 1 is 1.67 bits per heavy atom. The number of hydrogen-bond donors (Lipinski definition) is 0. The Hall–Kier alpha value is -1.08. The number of likely N-dealkylation sites (tertiary alicyclic amines) is 1. The van der Waals surface area contributed by atoms with Crippen LogP contribution in [0.3, 0.4) is 0 Å². The van der Waals surface area contributed by atoms with Gasteiger partial charge in [-0.3, -0.25) is 9.69 Å². The minimum Gasteiger partial charge on any atom is -0.468 e. The second-order valence-corrected chi connectivity index (χ2v) is 3.83. The molecule has 1 aliphatic rings. The van der Waals surface area contributed by atoms with E-state index in [2.05, 4.69) is 6.07 Å². The van der Waals surface area contributed by atoms with Crippen LogP contribution in [0.5, 0.6) is 0 Å². The summed E-state index contributed by atoms with van der Waals surface area (Å²) in [4.78, 5) is 13.5. The number of methoxy groups -OCH3 is 1. The lowest BCUT2D eigenvalue weighted by molar-refractivity contribution is -0.149. The Labute approximate surface area is 90.8 Å². The van der Waals surface area contributed by atoms with Crippen molar-refractivity contribution in [2.24, 2.45) is 0 Å². The molecule has 1 fully saturated rings. The molecule has 0 aliphatic carbocycles. The summed E-state index contributed by atoms with van der Waals surface area (Å²) in [6, 6.07) is 1.88. The fraction of sp³-hybridized carbons (Fsp3) is 0.818. The molecular formula is C11H18N2O2. The van der Waals surface area contributed by atoms with Crippen molar-refractivity contribution in [3.05, 3.63) is 0 Å². The third kappa shape index (κ3) is 2.69. The highest BCUT2D eigenvalue weighted by Gasteiger charge is 2.33. The molecule has 0 aromatic carbocycles. The number of esters is 1. The van der Waals surface area contributed by atoms with Crippen molar-refractivity contribution >= 4 is 5.97 Å². The number of nitrogens with zero attached hydrogens (tertiary/aromatic N) is 2. The first kappa shape index (κ1) is 12.0. The first-order valence-electron chi connectivity index (χ1n) is 5.47. The van der Waals surface area contributed by atoms with Crippen LogP contribution in [0.4, 0.5) is 0 Å². The van der Waals surface area contributed by atoms with E-state index in [-0.39, 0.29) is 18.1 Å². The molecule has 0 spiro atoms. The Morgan fingerprint density at radius 3 is 2.93 bits per heavy atom. The Bertz CT molecular complexity index is 260. The fourth-order valence-electron chi connectivity index (χ4n) is 2.12. The van der Waals surface area contributed by atoms with Gasteiger partial charge in [0.25, 0.3) is 0 Å². The maximum atomic E-state index is 11.5. The minimum atomic E-state index is -0.214. The van der Waals surface area contributed by atoms with Gasteiger partial charge in [0.05, 0.1) is 19.2 Å². The van der Waals surface area contributed by atoms with Crippen molar-refractivity contribution < 1.29 is 9.53 Å². The van der Waals surface area contributed by atoms with Gasteiger partial charge < -0.3 is 4.74 Å². The first-order valence-corrected chi connectivity index (χ1v) is 5.47. The van der Waals surface area contributed by atoms with Crippen LogP contribution in [0.25, 0.3) is 0 Å². The summed E-state index contributed by atoms with van der Waals surface area (Å²) in [6.45, 7) is 2.79. The van der Waals surface area contributed by atoms with Gasteiger partial charge in [-0.05, 0) is 19.3 Å². The molecule has 0 aromatic rings. The Balaban J connectivity index is 2.73. The molecule has 1 saturated heterocycles. The Kier molecular flexibility index (Phi) is 4.57. The molecule has 0 saturated carbocycles. The molecule has 0 amide bonds. The van der Waals surface area contributed by atoms with Crippen molar-refractivity contribution in [3.63, 3.8) is 0 Å². The summed E-state index contributed by atoms with van der Waals surface area (Å²) in [5.41, 5.74) is 0. The average Bonchev–Trinajstić information content (AvgIpc) is 2.30. The highest BCUT2D eigenvalue weighted by molar-refractivity contribution is 5.75. The van der Waals surface area contributed by atoms with Crippen molar-refractivity contribution in [1.82, 2.24) is 4.90 Å². The normalized spacial score (nSPS) is 24.2. The molecule has 0 aromatic heterocycles. The molecule has 2 atom stereocenters. The van der Waals surface area contributed by atoms with Gasteiger partial charge in [-0.2, -0.15) is 5.26 Å². The highest BCUT2D eigenvalue weighted by atomic mass is 16.5. The smallest absolute Gasteiger partial charge is 0.323 e. The van der Waals surface area contributed by atoms with Gasteiger partial charge in [0.1, 0.15) is 6.04 Å². The number of carbonyl (C=O) groups excluding carboxylic acids is 1. The largest absolute Gasteiger partial charge is 0.468 e. The highest BCUT2D eigenvalue weighted by Crippen LogP contribution is 2.21. The maximum Gasteiger partial charge on any atom is 0.323 e. The number of rotatable bonds is 3. The maximum absolute atomic E-state index is 11.5. The summed E-state index contributed by atoms with van der Waals surface area (Å²) < 4.78 is 4.77. The second-order valence-electron chi connectivity index (χ2n) is 3.83. The lowest BCUT2D eigenvalue weighted by Crippen LogP contribution is -2.49. The molecule has 0 bridgehead atoms. The predicted molar refractivity (Wildman–Crippen MR) is 56.1 cm³/mol. The summed E-state index contributed by atoms with van der Waals surface area (Å²) in [5, 5.41) is 9.01. The number of hydrogen-bond acceptors (Lipinski definition) is 4. The number of carbonyl (C=O) groups is 1. The lowest BCUT2D eigenvalue weighted by atomic mass is 9.99. The third-order valence-corrected chi connectivity index (χ3v) is 2.95. The van der Waals surface area contributed by atoms with E-state index in [4.69, 9.17) is 10.00 Å². The van der Waals surface area contributed by atoms with Crippen LogP contribution in [-0.4, -0.2) is 36.6 Å². The fourth-order valence-corrected chi connectivity index (χ4v) is 2.12. The van der Waals surface area contributed by atoms with Crippen molar-refractivity contribution in [2.75, 3.05) is 13.7 Å². The van der Waals surface area contributed by atoms with Crippen LogP contribution in [0.1, 0.15) is 32.6 Å². The number of piperidine rings is 1. The van der Waals surface area contributed by atoms with Gasteiger partial charge in [-0.25, -0.2) is 0 Å². The van der Waals surface area contributed by atoms with Crippen LogP contribution in [0.2, 0.25) is 0 Å². The SMILES string of the molecule is CCC(C#N)N1CCCC[C@@H]1C(=O)OC. The predicted octanol–water partition coefficient (Wildman–Crippen LogP) is 1.32. The summed E-state index contributed by atoms with van der Waals surface area (Å²) >= 11 is 0. The van der Waals surface area contributed by atoms with Gasteiger partial charge in [0.2, 0.25) is 0 Å². The van der Waals surface area contributed by atoms with Crippen LogP contribution >= 0.6 is 0 Å². The van der Waals surface area contributed by atoms with Crippen molar-refractivity contribution in [1.29, 1.82) is 5.26 Å². The number of nitriles is 1. The zero-order valence-electron chi connectivity index (χ0n) is 9.40. The Morgan fingerprint density at radius 2 is 2.40 bits per heavy atom. The van der Waals surface area contributed by atoms with Crippen LogP contribution < -0.4 is 0 Å². The van der Waals surface area contributed by atoms with Gasteiger partial charge >= 0.3 is 5.97 Å².